The van der Waals surface area contributed by atoms with Gasteiger partial charge in [0.25, 0.3) is 0 Å². The largest absolute Gasteiger partial charge is 0.508 e. The summed E-state index contributed by atoms with van der Waals surface area (Å²) in [6.07, 6.45) is -0.0923. The fourth-order valence-electron chi connectivity index (χ4n) is 0.838. The third-order valence-corrected chi connectivity index (χ3v) is 1.72. The van der Waals surface area contributed by atoms with Crippen molar-refractivity contribution in [2.75, 3.05) is 0 Å². The molecule has 4 heteroatoms. The fourth-order valence-corrected chi connectivity index (χ4v) is 1.11. The van der Waals surface area contributed by atoms with Crippen LogP contribution >= 0.6 is 11.6 Å². The van der Waals surface area contributed by atoms with Gasteiger partial charge in [-0.1, -0.05) is 11.6 Å². The Morgan fingerprint density at radius 1 is 1.58 bits per heavy atom. The second kappa shape index (κ2) is 3.42. The van der Waals surface area contributed by atoms with Crippen LogP contribution in [0.4, 0.5) is 4.39 Å². The Hall–Kier alpha value is -1.27. The van der Waals surface area contributed by atoms with Gasteiger partial charge in [0.15, 0.2) is 0 Å². The molecule has 0 bridgehead atoms. The normalized spacial score (nSPS) is 9.42. The first-order valence-electron chi connectivity index (χ1n) is 3.19. The van der Waals surface area contributed by atoms with E-state index >= 15 is 0 Å². The molecule has 0 saturated heterocycles. The monoisotopic (exact) mass is 185 g/mol. The number of rotatable bonds is 1. The Bertz CT molecular complexity index is 322. The van der Waals surface area contributed by atoms with Gasteiger partial charge in [0.1, 0.15) is 11.6 Å². The summed E-state index contributed by atoms with van der Waals surface area (Å²) in [4.78, 5) is 0. The van der Waals surface area contributed by atoms with Crippen LogP contribution in [-0.4, -0.2) is 5.11 Å². The molecule has 1 N–H and O–H groups in total. The van der Waals surface area contributed by atoms with E-state index in [4.69, 9.17) is 22.0 Å². The molecule has 62 valence electrons. The molecule has 0 atom stereocenters. The van der Waals surface area contributed by atoms with E-state index in [1.54, 1.807) is 6.07 Å². The lowest BCUT2D eigenvalue weighted by molar-refractivity contribution is 0.468. The highest BCUT2D eigenvalue weighted by Crippen LogP contribution is 2.24. The first-order chi connectivity index (χ1) is 5.65. The molecule has 0 amide bonds. The summed E-state index contributed by atoms with van der Waals surface area (Å²) in [7, 11) is 0. The third kappa shape index (κ3) is 1.66. The molecule has 0 aromatic heterocycles. The second-order valence-electron chi connectivity index (χ2n) is 2.22. The van der Waals surface area contributed by atoms with Crippen molar-refractivity contribution in [3.05, 3.63) is 28.5 Å². The predicted molar refractivity (Wildman–Crippen MR) is 42.4 cm³/mol. The highest BCUT2D eigenvalue weighted by molar-refractivity contribution is 6.31. The van der Waals surface area contributed by atoms with Gasteiger partial charge in [0, 0.05) is 11.6 Å². The molecule has 0 radical (unpaired) electrons. The van der Waals surface area contributed by atoms with Crippen molar-refractivity contribution in [2.24, 2.45) is 0 Å². The van der Waals surface area contributed by atoms with Gasteiger partial charge in [-0.15, -0.1) is 0 Å². The highest BCUT2D eigenvalue weighted by Gasteiger charge is 2.08. The van der Waals surface area contributed by atoms with Gasteiger partial charge in [0.2, 0.25) is 0 Å². The van der Waals surface area contributed by atoms with Crippen molar-refractivity contribution in [1.29, 1.82) is 5.26 Å². The zero-order valence-electron chi connectivity index (χ0n) is 6.01. The zero-order valence-corrected chi connectivity index (χ0v) is 6.77. The minimum atomic E-state index is -0.651. The van der Waals surface area contributed by atoms with Gasteiger partial charge in [-0.05, 0) is 6.07 Å². The Morgan fingerprint density at radius 2 is 2.25 bits per heavy atom. The topological polar surface area (TPSA) is 44.0 Å². The molecule has 1 rings (SSSR count). The van der Waals surface area contributed by atoms with E-state index in [0.717, 1.165) is 6.07 Å². The third-order valence-electron chi connectivity index (χ3n) is 1.38. The van der Waals surface area contributed by atoms with E-state index in [-0.39, 0.29) is 22.8 Å². The average molecular weight is 186 g/mol. The van der Waals surface area contributed by atoms with Crippen molar-refractivity contribution in [1.82, 2.24) is 0 Å². The van der Waals surface area contributed by atoms with E-state index in [2.05, 4.69) is 0 Å². The first-order valence-corrected chi connectivity index (χ1v) is 3.56. The first kappa shape index (κ1) is 8.82. The highest BCUT2D eigenvalue weighted by atomic mass is 35.5. The molecule has 0 unspecified atom stereocenters. The van der Waals surface area contributed by atoms with Crippen LogP contribution in [-0.2, 0) is 6.42 Å². The van der Waals surface area contributed by atoms with Crippen LogP contribution in [0.1, 0.15) is 5.56 Å². The standard InChI is InChI=1S/C8H5ClFNO/c9-7-3-5(12)4-8(10)6(7)1-2-11/h3-4,12H,1H2. The van der Waals surface area contributed by atoms with Crippen molar-refractivity contribution < 1.29 is 9.50 Å². The number of halogens is 2. The minimum absolute atomic E-state index is 0.0778. The Morgan fingerprint density at radius 3 is 2.75 bits per heavy atom. The van der Waals surface area contributed by atoms with E-state index < -0.39 is 5.82 Å². The van der Waals surface area contributed by atoms with Crippen LogP contribution in [0.25, 0.3) is 0 Å². The summed E-state index contributed by atoms with van der Waals surface area (Å²) in [6, 6.07) is 3.91. The number of phenolic OH excluding ortho intramolecular Hbond substituents is 1. The molecule has 0 spiro atoms. The lowest BCUT2D eigenvalue weighted by Crippen LogP contribution is -1.89. The van der Waals surface area contributed by atoms with Crippen LogP contribution < -0.4 is 0 Å². The van der Waals surface area contributed by atoms with Gasteiger partial charge in [-0.25, -0.2) is 4.39 Å². The summed E-state index contributed by atoms with van der Waals surface area (Å²) in [5, 5.41) is 17.3. The molecule has 0 aliphatic heterocycles. The van der Waals surface area contributed by atoms with E-state index in [1.165, 1.54) is 6.07 Å². The number of nitrogens with zero attached hydrogens (tertiary/aromatic N) is 1. The van der Waals surface area contributed by atoms with Crippen molar-refractivity contribution >= 4 is 11.6 Å². The Balaban J connectivity index is 3.21. The number of hydrogen-bond acceptors (Lipinski definition) is 2. The van der Waals surface area contributed by atoms with E-state index in [0.29, 0.717) is 0 Å². The molecular weight excluding hydrogens is 181 g/mol. The zero-order chi connectivity index (χ0) is 9.14. The lowest BCUT2D eigenvalue weighted by atomic mass is 10.1. The van der Waals surface area contributed by atoms with Crippen LogP contribution in [0.3, 0.4) is 0 Å². The van der Waals surface area contributed by atoms with E-state index in [1.807, 2.05) is 0 Å². The van der Waals surface area contributed by atoms with Crippen molar-refractivity contribution in [3.63, 3.8) is 0 Å². The summed E-state index contributed by atoms with van der Waals surface area (Å²) in [6.45, 7) is 0. The van der Waals surface area contributed by atoms with Crippen molar-refractivity contribution in [3.8, 4) is 11.8 Å². The minimum Gasteiger partial charge on any atom is -0.508 e. The van der Waals surface area contributed by atoms with Gasteiger partial charge in [-0.3, -0.25) is 0 Å². The van der Waals surface area contributed by atoms with Crippen LogP contribution in [0, 0.1) is 17.1 Å². The smallest absolute Gasteiger partial charge is 0.132 e. The molecule has 0 fully saturated rings. The molecular formula is C8H5ClFNO. The number of aromatic hydroxyl groups is 1. The number of phenols is 1. The second-order valence-corrected chi connectivity index (χ2v) is 2.63. The van der Waals surface area contributed by atoms with Gasteiger partial charge in [0.05, 0.1) is 17.5 Å². The predicted octanol–water partition coefficient (Wildman–Crippen LogP) is 2.25. The summed E-state index contributed by atoms with van der Waals surface area (Å²) >= 11 is 5.56. The average Bonchev–Trinajstić information content (AvgIpc) is 1.96. The molecule has 2 nitrogen and oxygen atoms in total. The molecule has 0 heterocycles. The fraction of sp³-hybridized carbons (Fsp3) is 0.125. The lowest BCUT2D eigenvalue weighted by Gasteiger charge is -2.01. The Labute approximate surface area is 73.8 Å². The number of benzene rings is 1. The van der Waals surface area contributed by atoms with Gasteiger partial charge < -0.3 is 5.11 Å². The van der Waals surface area contributed by atoms with Gasteiger partial charge >= 0.3 is 0 Å². The van der Waals surface area contributed by atoms with Gasteiger partial charge in [-0.2, -0.15) is 5.26 Å². The summed E-state index contributed by atoms with van der Waals surface area (Å²) in [5.41, 5.74) is 0.122. The van der Waals surface area contributed by atoms with Crippen LogP contribution in [0.15, 0.2) is 12.1 Å². The molecule has 0 aliphatic carbocycles. The van der Waals surface area contributed by atoms with Crippen LogP contribution in [0.5, 0.6) is 5.75 Å². The van der Waals surface area contributed by atoms with E-state index in [9.17, 15) is 4.39 Å². The number of nitriles is 1. The SMILES string of the molecule is N#CCc1c(F)cc(O)cc1Cl. The molecule has 0 aliphatic rings. The molecule has 1 aromatic carbocycles. The summed E-state index contributed by atoms with van der Waals surface area (Å²) in [5.74, 6) is -0.888. The Kier molecular flexibility index (Phi) is 2.51. The maximum atomic E-state index is 12.9. The molecule has 1 aromatic rings. The van der Waals surface area contributed by atoms with Crippen LogP contribution in [0.2, 0.25) is 5.02 Å². The summed E-state index contributed by atoms with van der Waals surface area (Å²) < 4.78 is 12.9. The molecule has 0 saturated carbocycles. The van der Waals surface area contributed by atoms with Crippen molar-refractivity contribution in [2.45, 2.75) is 6.42 Å². The quantitative estimate of drug-likeness (QED) is 0.729. The number of hydrogen-bond donors (Lipinski definition) is 1. The maximum absolute atomic E-state index is 12.9. The maximum Gasteiger partial charge on any atom is 0.132 e. The molecule has 12 heavy (non-hydrogen) atoms.